The van der Waals surface area contributed by atoms with Gasteiger partial charge in [-0.25, -0.2) is 0 Å². The van der Waals surface area contributed by atoms with Crippen molar-refractivity contribution in [2.24, 2.45) is 0 Å². The number of aliphatic hydroxyl groups is 1. The first kappa shape index (κ1) is 14.0. The number of hydrogen-bond acceptors (Lipinski definition) is 3. The van der Waals surface area contributed by atoms with Gasteiger partial charge in [0.1, 0.15) is 0 Å². The zero-order chi connectivity index (χ0) is 14.7. The molecule has 3 rings (SSSR count). The molecule has 1 unspecified atom stereocenters. The Hall–Kier alpha value is -1.91. The lowest BCUT2D eigenvalue weighted by atomic mass is 10.0. The molecule has 2 N–H and O–H groups in total. The van der Waals surface area contributed by atoms with Crippen LogP contribution in [0.5, 0.6) is 0 Å². The molecule has 0 aliphatic rings. The smallest absolute Gasteiger partial charge is 0.0766 e. The molecule has 0 amide bonds. The Bertz CT molecular complexity index is 755. The van der Waals surface area contributed by atoms with Crippen LogP contribution in [0, 0.1) is 0 Å². The molecule has 0 saturated carbocycles. The number of anilines is 1. The van der Waals surface area contributed by atoms with E-state index in [1.165, 1.54) is 0 Å². The number of hydrogen-bond donors (Lipinski definition) is 2. The molecular weight excluding hydrogens is 328 g/mol. The van der Waals surface area contributed by atoms with Crippen LogP contribution in [0.2, 0.25) is 0 Å². The number of pyridine rings is 1. The van der Waals surface area contributed by atoms with Gasteiger partial charge in [-0.3, -0.25) is 4.98 Å². The zero-order valence-corrected chi connectivity index (χ0v) is 12.9. The number of benzene rings is 2. The monoisotopic (exact) mass is 342 g/mol. The van der Waals surface area contributed by atoms with Gasteiger partial charge in [0.15, 0.2) is 0 Å². The van der Waals surface area contributed by atoms with E-state index < -0.39 is 0 Å². The summed E-state index contributed by atoms with van der Waals surface area (Å²) in [5.41, 5.74) is 1.94. The number of halogens is 1. The lowest BCUT2D eigenvalue weighted by Crippen LogP contribution is -2.15. The van der Waals surface area contributed by atoms with Gasteiger partial charge in [-0.05, 0) is 33.4 Å². The number of aliphatic hydroxyl groups excluding tert-OH is 1. The molecule has 4 heteroatoms. The van der Waals surface area contributed by atoms with Gasteiger partial charge in [-0.2, -0.15) is 0 Å². The largest absolute Gasteiger partial charge is 0.394 e. The molecule has 0 saturated heterocycles. The number of para-hydroxylation sites is 1. The van der Waals surface area contributed by atoms with E-state index in [4.69, 9.17) is 0 Å². The fourth-order valence-corrected chi connectivity index (χ4v) is 2.80. The molecule has 1 heterocycles. The first-order valence-electron chi connectivity index (χ1n) is 6.74. The molecule has 21 heavy (non-hydrogen) atoms. The van der Waals surface area contributed by atoms with E-state index in [1.54, 1.807) is 0 Å². The summed E-state index contributed by atoms with van der Waals surface area (Å²) in [6.45, 7) is -0.00295. The molecule has 106 valence electrons. The first-order valence-corrected chi connectivity index (χ1v) is 7.53. The van der Waals surface area contributed by atoms with Gasteiger partial charge in [0.25, 0.3) is 0 Å². The molecule has 0 radical (unpaired) electrons. The van der Waals surface area contributed by atoms with Crippen LogP contribution in [-0.2, 0) is 0 Å². The van der Waals surface area contributed by atoms with E-state index in [0.717, 1.165) is 26.5 Å². The van der Waals surface area contributed by atoms with E-state index in [-0.39, 0.29) is 12.6 Å². The molecule has 0 aliphatic carbocycles. The average molecular weight is 343 g/mol. The second kappa shape index (κ2) is 6.24. The Morgan fingerprint density at radius 3 is 2.62 bits per heavy atom. The van der Waals surface area contributed by atoms with Crippen molar-refractivity contribution >= 4 is 32.4 Å². The van der Waals surface area contributed by atoms with Crippen molar-refractivity contribution in [1.82, 2.24) is 4.98 Å². The van der Waals surface area contributed by atoms with Crippen molar-refractivity contribution in [3.8, 4) is 0 Å². The van der Waals surface area contributed by atoms with Crippen LogP contribution in [0.15, 0.2) is 65.4 Å². The minimum atomic E-state index is -0.206. The third-order valence-corrected chi connectivity index (χ3v) is 4.15. The molecule has 0 aliphatic heterocycles. The fourth-order valence-electron chi connectivity index (χ4n) is 2.41. The molecule has 2 aromatic carbocycles. The summed E-state index contributed by atoms with van der Waals surface area (Å²) in [5.74, 6) is 0. The van der Waals surface area contributed by atoms with Crippen LogP contribution >= 0.6 is 15.9 Å². The summed E-state index contributed by atoms with van der Waals surface area (Å²) < 4.78 is 0.969. The lowest BCUT2D eigenvalue weighted by molar-refractivity contribution is 0.276. The number of fused-ring (bicyclic) bond motifs is 1. The summed E-state index contributed by atoms with van der Waals surface area (Å²) in [5, 5.41) is 15.3. The third-order valence-electron chi connectivity index (χ3n) is 3.46. The third kappa shape index (κ3) is 2.91. The fraction of sp³-hybridized carbons (Fsp3) is 0.118. The van der Waals surface area contributed by atoms with Gasteiger partial charge in [0.05, 0.1) is 12.6 Å². The van der Waals surface area contributed by atoms with E-state index in [1.807, 2.05) is 54.9 Å². The van der Waals surface area contributed by atoms with Crippen molar-refractivity contribution in [3.63, 3.8) is 0 Å². The quantitative estimate of drug-likeness (QED) is 0.748. The van der Waals surface area contributed by atoms with Gasteiger partial charge in [0.2, 0.25) is 0 Å². The average Bonchev–Trinajstić information content (AvgIpc) is 2.54. The molecular formula is C17H15BrN2O. The van der Waals surface area contributed by atoms with Gasteiger partial charge in [0, 0.05) is 33.5 Å². The van der Waals surface area contributed by atoms with Crippen LogP contribution in [-0.4, -0.2) is 16.7 Å². The number of nitrogens with one attached hydrogen (secondary N) is 1. The van der Waals surface area contributed by atoms with E-state index in [2.05, 4.69) is 32.3 Å². The predicted octanol–water partition coefficient (Wildman–Crippen LogP) is 4.14. The van der Waals surface area contributed by atoms with E-state index in [9.17, 15) is 5.11 Å². The van der Waals surface area contributed by atoms with Gasteiger partial charge >= 0.3 is 0 Å². The SMILES string of the molecule is OCC(Nc1ccccc1Br)c1cncc2ccccc12. The van der Waals surface area contributed by atoms with Crippen LogP contribution in [0.25, 0.3) is 10.8 Å². The summed E-state index contributed by atoms with van der Waals surface area (Å²) in [7, 11) is 0. The Balaban J connectivity index is 2.01. The van der Waals surface area contributed by atoms with E-state index >= 15 is 0 Å². The van der Waals surface area contributed by atoms with Crippen LogP contribution in [0.4, 0.5) is 5.69 Å². The number of rotatable bonds is 4. The maximum atomic E-state index is 9.79. The van der Waals surface area contributed by atoms with Gasteiger partial charge in [-0.1, -0.05) is 36.4 Å². The number of nitrogens with zero attached hydrogens (tertiary/aromatic N) is 1. The maximum absolute atomic E-state index is 9.79. The molecule has 0 bridgehead atoms. The predicted molar refractivity (Wildman–Crippen MR) is 89.3 cm³/mol. The van der Waals surface area contributed by atoms with Crippen LogP contribution < -0.4 is 5.32 Å². The minimum Gasteiger partial charge on any atom is -0.394 e. The molecule has 3 nitrogen and oxygen atoms in total. The molecule has 0 fully saturated rings. The Labute approximate surface area is 131 Å². The van der Waals surface area contributed by atoms with Crippen LogP contribution in [0.3, 0.4) is 0 Å². The highest BCUT2D eigenvalue weighted by molar-refractivity contribution is 9.10. The summed E-state index contributed by atoms with van der Waals surface area (Å²) in [6, 6.07) is 15.7. The highest BCUT2D eigenvalue weighted by atomic mass is 79.9. The van der Waals surface area contributed by atoms with Crippen LogP contribution in [0.1, 0.15) is 11.6 Å². The molecule has 3 aromatic rings. The molecule has 1 atom stereocenters. The topological polar surface area (TPSA) is 45.1 Å². The summed E-state index contributed by atoms with van der Waals surface area (Å²) in [4.78, 5) is 4.28. The second-order valence-electron chi connectivity index (χ2n) is 4.81. The normalized spacial score (nSPS) is 12.3. The van der Waals surface area contributed by atoms with E-state index in [0.29, 0.717) is 0 Å². The Morgan fingerprint density at radius 1 is 1.05 bits per heavy atom. The molecule has 0 spiro atoms. The van der Waals surface area contributed by atoms with Crippen molar-refractivity contribution in [2.75, 3.05) is 11.9 Å². The minimum absolute atomic E-state index is 0.00295. The standard InChI is InChI=1S/C17H15BrN2O/c18-15-7-3-4-8-16(15)20-17(11-21)14-10-19-9-12-5-1-2-6-13(12)14/h1-10,17,20-21H,11H2. The van der Waals surface area contributed by atoms with Gasteiger partial charge in [-0.15, -0.1) is 0 Å². The Morgan fingerprint density at radius 2 is 1.81 bits per heavy atom. The summed E-state index contributed by atoms with van der Waals surface area (Å²) in [6.07, 6.45) is 3.65. The Kier molecular flexibility index (Phi) is 4.18. The second-order valence-corrected chi connectivity index (χ2v) is 5.66. The maximum Gasteiger partial charge on any atom is 0.0766 e. The first-order chi connectivity index (χ1) is 10.3. The van der Waals surface area contributed by atoms with Crippen molar-refractivity contribution < 1.29 is 5.11 Å². The highest BCUT2D eigenvalue weighted by Crippen LogP contribution is 2.29. The number of aromatic nitrogens is 1. The highest BCUT2D eigenvalue weighted by Gasteiger charge is 2.14. The zero-order valence-electron chi connectivity index (χ0n) is 11.3. The lowest BCUT2D eigenvalue weighted by Gasteiger charge is -2.20. The van der Waals surface area contributed by atoms with Gasteiger partial charge < -0.3 is 10.4 Å². The van der Waals surface area contributed by atoms with Crippen molar-refractivity contribution in [2.45, 2.75) is 6.04 Å². The summed E-state index contributed by atoms with van der Waals surface area (Å²) >= 11 is 3.52. The van der Waals surface area contributed by atoms with Crippen molar-refractivity contribution in [1.29, 1.82) is 0 Å². The molecule has 1 aromatic heterocycles. The van der Waals surface area contributed by atoms with Crippen molar-refractivity contribution in [3.05, 3.63) is 71.0 Å².